The summed E-state index contributed by atoms with van der Waals surface area (Å²) in [5.41, 5.74) is -0.970. The third-order valence-electron chi connectivity index (χ3n) is 6.05. The summed E-state index contributed by atoms with van der Waals surface area (Å²) in [5.74, 6) is -5.91. The minimum Gasteiger partial charge on any atom is -0.274 e. The second-order valence-electron chi connectivity index (χ2n) is 8.90. The van der Waals surface area contributed by atoms with Crippen LogP contribution < -0.4 is 0 Å². The molecule has 2 aromatic carbocycles. The molecule has 0 aromatic heterocycles. The number of unbranched alkanes of at least 4 members (excludes halogenated alkanes) is 11. The van der Waals surface area contributed by atoms with Gasteiger partial charge in [0.15, 0.2) is 0 Å². The Morgan fingerprint density at radius 1 is 0.600 bits per heavy atom. The van der Waals surface area contributed by atoms with Crippen LogP contribution >= 0.6 is 0 Å². The smallest absolute Gasteiger partial charge is 0.263 e. The number of amides is 2. The summed E-state index contributed by atoms with van der Waals surface area (Å²) in [6.07, 6.45) is 13.1. The summed E-state index contributed by atoms with van der Waals surface area (Å²) in [6.45, 7) is 2.15. The second-order valence-corrected chi connectivity index (χ2v) is 8.90. The summed E-state index contributed by atoms with van der Waals surface area (Å²) in [7, 11) is 0. The molecule has 2 rings (SSSR count). The van der Waals surface area contributed by atoms with Crippen molar-refractivity contribution < 1.29 is 27.2 Å². The fraction of sp³-hybridized carbons (Fsp3) is 0.500. The molecule has 0 saturated carbocycles. The number of imide groups is 1. The van der Waals surface area contributed by atoms with Gasteiger partial charge in [0.05, 0.1) is 11.1 Å². The molecule has 3 nitrogen and oxygen atoms in total. The first-order valence-corrected chi connectivity index (χ1v) is 12.6. The third-order valence-corrected chi connectivity index (χ3v) is 6.05. The number of halogens is 4. The summed E-state index contributed by atoms with van der Waals surface area (Å²) < 4.78 is 55.0. The molecule has 0 atom stereocenters. The van der Waals surface area contributed by atoms with Gasteiger partial charge < -0.3 is 0 Å². The molecule has 2 amide bonds. The molecule has 0 aliphatic carbocycles. The SMILES string of the molecule is CCCCCCCCCCCCCCN(C(=O)c1ccc(F)cc1F)C(=O)c1ccc(F)cc1F. The molecule has 0 unspecified atom stereocenters. The lowest BCUT2D eigenvalue weighted by Gasteiger charge is -2.22. The zero-order chi connectivity index (χ0) is 25.6. The number of carbonyl (C=O) groups is 2. The Kier molecular flexibility index (Phi) is 12.5. The van der Waals surface area contributed by atoms with Crippen molar-refractivity contribution in [3.05, 3.63) is 70.8 Å². The number of benzene rings is 2. The first-order valence-electron chi connectivity index (χ1n) is 12.6. The number of carbonyl (C=O) groups excluding carboxylic acids is 2. The number of hydrogen-bond acceptors (Lipinski definition) is 2. The van der Waals surface area contributed by atoms with E-state index in [9.17, 15) is 27.2 Å². The Hall–Kier alpha value is -2.70. The average molecular weight is 494 g/mol. The van der Waals surface area contributed by atoms with Crippen LogP contribution in [0, 0.1) is 23.3 Å². The van der Waals surface area contributed by atoms with Gasteiger partial charge in [0, 0.05) is 18.7 Å². The van der Waals surface area contributed by atoms with Crippen molar-refractivity contribution in [2.45, 2.75) is 84.0 Å². The predicted octanol–water partition coefficient (Wildman–Crippen LogP) is 8.23. The van der Waals surface area contributed by atoms with Gasteiger partial charge in [-0.05, 0) is 30.7 Å². The normalized spacial score (nSPS) is 11.0. The minimum absolute atomic E-state index is 0.0528. The lowest BCUT2D eigenvalue weighted by atomic mass is 10.0. The number of hydrogen-bond donors (Lipinski definition) is 0. The molecule has 0 aliphatic heterocycles. The average Bonchev–Trinajstić information content (AvgIpc) is 2.81. The highest BCUT2D eigenvalue weighted by atomic mass is 19.1. The van der Waals surface area contributed by atoms with Gasteiger partial charge in [-0.15, -0.1) is 0 Å². The van der Waals surface area contributed by atoms with Crippen LogP contribution in [0.15, 0.2) is 36.4 Å². The van der Waals surface area contributed by atoms with E-state index in [2.05, 4.69) is 6.92 Å². The molecular formula is C28H35F4NO2. The van der Waals surface area contributed by atoms with E-state index in [0.29, 0.717) is 18.6 Å². The van der Waals surface area contributed by atoms with E-state index in [1.54, 1.807) is 0 Å². The Morgan fingerprint density at radius 2 is 0.971 bits per heavy atom. The van der Waals surface area contributed by atoms with Crippen LogP contribution in [0.1, 0.15) is 105 Å². The van der Waals surface area contributed by atoms with Crippen LogP contribution in [-0.2, 0) is 0 Å². The van der Waals surface area contributed by atoms with Crippen molar-refractivity contribution in [1.82, 2.24) is 4.90 Å². The maximum Gasteiger partial charge on any atom is 0.263 e. The molecule has 2 aromatic rings. The Bertz CT molecular complexity index is 900. The zero-order valence-corrected chi connectivity index (χ0v) is 20.4. The predicted molar refractivity (Wildman–Crippen MR) is 129 cm³/mol. The molecule has 7 heteroatoms. The Balaban J connectivity index is 1.92. The Labute approximate surface area is 205 Å². The van der Waals surface area contributed by atoms with E-state index < -0.39 is 46.2 Å². The van der Waals surface area contributed by atoms with Crippen molar-refractivity contribution in [2.24, 2.45) is 0 Å². The van der Waals surface area contributed by atoms with Crippen LogP contribution in [0.2, 0.25) is 0 Å². The fourth-order valence-electron chi connectivity index (χ4n) is 4.02. The molecule has 0 N–H and O–H groups in total. The molecule has 0 saturated heterocycles. The van der Waals surface area contributed by atoms with Gasteiger partial charge in [0.1, 0.15) is 23.3 Å². The largest absolute Gasteiger partial charge is 0.274 e. The molecule has 192 valence electrons. The van der Waals surface area contributed by atoms with Gasteiger partial charge in [-0.2, -0.15) is 0 Å². The molecule has 0 spiro atoms. The van der Waals surface area contributed by atoms with Crippen molar-refractivity contribution >= 4 is 11.8 Å². The molecule has 0 aliphatic rings. The highest BCUT2D eigenvalue weighted by Gasteiger charge is 2.28. The lowest BCUT2D eigenvalue weighted by molar-refractivity contribution is 0.0608. The van der Waals surface area contributed by atoms with E-state index in [-0.39, 0.29) is 6.54 Å². The van der Waals surface area contributed by atoms with Crippen molar-refractivity contribution in [3.63, 3.8) is 0 Å². The maximum absolute atomic E-state index is 14.2. The van der Waals surface area contributed by atoms with Gasteiger partial charge in [-0.1, -0.05) is 77.6 Å². The minimum atomic E-state index is -1.11. The van der Waals surface area contributed by atoms with E-state index in [1.807, 2.05) is 0 Å². The number of nitrogens with zero attached hydrogens (tertiary/aromatic N) is 1. The highest BCUT2D eigenvalue weighted by Crippen LogP contribution is 2.19. The van der Waals surface area contributed by atoms with Gasteiger partial charge in [-0.3, -0.25) is 14.5 Å². The van der Waals surface area contributed by atoms with Crippen LogP contribution in [0.25, 0.3) is 0 Å². The van der Waals surface area contributed by atoms with E-state index in [1.165, 1.54) is 44.9 Å². The van der Waals surface area contributed by atoms with Gasteiger partial charge in [0.25, 0.3) is 11.8 Å². The quantitative estimate of drug-likeness (QED) is 0.142. The molecule has 0 radical (unpaired) electrons. The molecule has 0 heterocycles. The first-order chi connectivity index (χ1) is 16.8. The fourth-order valence-corrected chi connectivity index (χ4v) is 4.02. The van der Waals surface area contributed by atoms with Crippen molar-refractivity contribution in [2.75, 3.05) is 6.54 Å². The van der Waals surface area contributed by atoms with Crippen LogP contribution in [-0.4, -0.2) is 23.3 Å². The van der Waals surface area contributed by atoms with Crippen LogP contribution in [0.4, 0.5) is 17.6 Å². The lowest BCUT2D eigenvalue weighted by Crippen LogP contribution is -2.38. The molecular weight excluding hydrogens is 458 g/mol. The third kappa shape index (κ3) is 9.46. The molecule has 35 heavy (non-hydrogen) atoms. The van der Waals surface area contributed by atoms with Gasteiger partial charge in [-0.25, -0.2) is 17.6 Å². The maximum atomic E-state index is 14.2. The Morgan fingerprint density at radius 3 is 1.34 bits per heavy atom. The standard InChI is InChI=1S/C28H35F4NO2/c1-2-3-4-5-6-7-8-9-10-11-12-13-18-33(27(34)23-16-14-21(29)19-25(23)31)28(35)24-17-15-22(30)20-26(24)32/h14-17,19-20H,2-13,18H2,1H3. The highest BCUT2D eigenvalue weighted by molar-refractivity contribution is 6.10. The summed E-state index contributed by atoms with van der Waals surface area (Å²) in [6, 6.07) is 4.85. The number of rotatable bonds is 15. The van der Waals surface area contributed by atoms with Crippen LogP contribution in [0.3, 0.4) is 0 Å². The van der Waals surface area contributed by atoms with Crippen molar-refractivity contribution in [1.29, 1.82) is 0 Å². The summed E-state index contributed by atoms with van der Waals surface area (Å²) in [4.78, 5) is 26.6. The molecule has 0 bridgehead atoms. The summed E-state index contributed by atoms with van der Waals surface area (Å²) in [5, 5.41) is 0. The first kappa shape index (κ1) is 28.5. The van der Waals surface area contributed by atoms with E-state index in [4.69, 9.17) is 0 Å². The van der Waals surface area contributed by atoms with E-state index >= 15 is 0 Å². The van der Waals surface area contributed by atoms with Gasteiger partial charge >= 0.3 is 0 Å². The zero-order valence-electron chi connectivity index (χ0n) is 20.4. The monoisotopic (exact) mass is 493 g/mol. The van der Waals surface area contributed by atoms with Gasteiger partial charge in [0.2, 0.25) is 0 Å². The van der Waals surface area contributed by atoms with E-state index in [0.717, 1.165) is 54.8 Å². The van der Waals surface area contributed by atoms with Crippen molar-refractivity contribution in [3.8, 4) is 0 Å². The second kappa shape index (κ2) is 15.3. The summed E-state index contributed by atoms with van der Waals surface area (Å²) >= 11 is 0. The van der Waals surface area contributed by atoms with Crippen LogP contribution in [0.5, 0.6) is 0 Å². The topological polar surface area (TPSA) is 37.4 Å². The molecule has 0 fully saturated rings.